The van der Waals surface area contributed by atoms with E-state index in [1.807, 2.05) is 47.9 Å². The molecule has 3 amide bonds. The van der Waals surface area contributed by atoms with Gasteiger partial charge in [-0.05, 0) is 25.5 Å². The Labute approximate surface area is 172 Å². The van der Waals surface area contributed by atoms with Gasteiger partial charge in [-0.15, -0.1) is 10.2 Å². The fourth-order valence-corrected chi connectivity index (χ4v) is 4.12. The number of furan rings is 1. The van der Waals surface area contributed by atoms with Crippen molar-refractivity contribution in [3.63, 3.8) is 0 Å². The first-order chi connectivity index (χ1) is 14.0. The summed E-state index contributed by atoms with van der Waals surface area (Å²) in [5.41, 5.74) is 1.95. The van der Waals surface area contributed by atoms with E-state index in [-0.39, 0.29) is 11.9 Å². The van der Waals surface area contributed by atoms with Gasteiger partial charge in [-0.25, -0.2) is 4.79 Å². The lowest BCUT2D eigenvalue weighted by atomic mass is 10.2. The molecule has 1 aromatic carbocycles. The highest BCUT2D eigenvalue weighted by Crippen LogP contribution is 2.30. The topological polar surface area (TPSA) is 93.3 Å². The van der Waals surface area contributed by atoms with E-state index in [2.05, 4.69) is 15.5 Å². The van der Waals surface area contributed by atoms with Crippen LogP contribution in [0.4, 0.5) is 4.79 Å². The summed E-state index contributed by atoms with van der Waals surface area (Å²) in [5.74, 6) is 1.20. The number of aryl methyl sites for hydroxylation is 1. The van der Waals surface area contributed by atoms with E-state index in [1.54, 1.807) is 13.2 Å². The molecule has 0 saturated carbocycles. The molecule has 0 aliphatic carbocycles. The number of carbonyl (C=O) groups excluding carboxylic acids is 2. The van der Waals surface area contributed by atoms with Crippen molar-refractivity contribution in [3.8, 4) is 11.4 Å². The normalized spacial score (nSPS) is 14.8. The van der Waals surface area contributed by atoms with Gasteiger partial charge in [0.25, 0.3) is 0 Å². The molecule has 1 aliphatic heterocycles. The number of nitrogens with zero attached hydrogens (tertiary/aromatic N) is 4. The summed E-state index contributed by atoms with van der Waals surface area (Å²) in [7, 11) is 0. The number of aromatic nitrogens is 3. The highest BCUT2D eigenvalue weighted by Gasteiger charge is 2.31. The van der Waals surface area contributed by atoms with Crippen molar-refractivity contribution in [2.45, 2.75) is 30.8 Å². The molecule has 2 aromatic heterocycles. The van der Waals surface area contributed by atoms with Crippen molar-refractivity contribution in [1.82, 2.24) is 25.0 Å². The van der Waals surface area contributed by atoms with E-state index >= 15 is 0 Å². The first kappa shape index (κ1) is 19.3. The van der Waals surface area contributed by atoms with E-state index in [0.29, 0.717) is 30.6 Å². The van der Waals surface area contributed by atoms with E-state index in [1.165, 1.54) is 16.7 Å². The smallest absolute Gasteiger partial charge is 0.324 e. The van der Waals surface area contributed by atoms with Crippen molar-refractivity contribution in [2.75, 3.05) is 13.1 Å². The molecule has 0 radical (unpaired) electrons. The third-order valence-electron chi connectivity index (χ3n) is 4.75. The van der Waals surface area contributed by atoms with Gasteiger partial charge in [0.2, 0.25) is 5.91 Å². The third kappa shape index (κ3) is 3.91. The van der Waals surface area contributed by atoms with Gasteiger partial charge in [-0.1, -0.05) is 42.1 Å². The van der Waals surface area contributed by atoms with Crippen LogP contribution >= 0.6 is 11.8 Å². The first-order valence-electron chi connectivity index (χ1n) is 9.32. The van der Waals surface area contributed by atoms with E-state index in [9.17, 15) is 9.59 Å². The Kier molecular flexibility index (Phi) is 5.39. The fourth-order valence-electron chi connectivity index (χ4n) is 3.21. The summed E-state index contributed by atoms with van der Waals surface area (Å²) in [4.78, 5) is 25.8. The first-order valence-corrected chi connectivity index (χ1v) is 10.2. The van der Waals surface area contributed by atoms with Crippen LogP contribution in [0.5, 0.6) is 0 Å². The number of nitrogens with one attached hydrogen (secondary N) is 1. The molecule has 3 heterocycles. The number of hydrogen-bond acceptors (Lipinski definition) is 6. The van der Waals surface area contributed by atoms with Crippen molar-refractivity contribution in [3.05, 3.63) is 54.0 Å². The second-order valence-corrected chi connectivity index (χ2v) is 8.06. The Hall–Kier alpha value is -3.07. The van der Waals surface area contributed by atoms with Gasteiger partial charge >= 0.3 is 6.03 Å². The van der Waals surface area contributed by atoms with Crippen LogP contribution in [0, 0.1) is 6.92 Å². The zero-order valence-corrected chi connectivity index (χ0v) is 17.0. The summed E-state index contributed by atoms with van der Waals surface area (Å²) < 4.78 is 7.42. The molecule has 29 heavy (non-hydrogen) atoms. The lowest BCUT2D eigenvalue weighted by Crippen LogP contribution is -2.39. The highest BCUT2D eigenvalue weighted by atomic mass is 32.2. The number of rotatable bonds is 6. The van der Waals surface area contributed by atoms with Crippen LogP contribution < -0.4 is 5.32 Å². The second-order valence-electron chi connectivity index (χ2n) is 6.75. The average Bonchev–Trinajstić information content (AvgIpc) is 3.43. The van der Waals surface area contributed by atoms with Crippen LogP contribution in [-0.2, 0) is 11.3 Å². The molecule has 150 valence electrons. The Morgan fingerprint density at radius 2 is 2.07 bits per heavy atom. The predicted octanol–water partition coefficient (Wildman–Crippen LogP) is 2.93. The Morgan fingerprint density at radius 3 is 2.72 bits per heavy atom. The lowest BCUT2D eigenvalue weighted by Gasteiger charge is -2.17. The number of urea groups is 1. The van der Waals surface area contributed by atoms with Crippen LogP contribution in [0.2, 0.25) is 0 Å². The molecular formula is C20H21N5O3S. The maximum absolute atomic E-state index is 12.7. The Bertz CT molecular complexity index is 1030. The molecule has 3 aromatic rings. The largest absolute Gasteiger partial charge is 0.469 e. The second kappa shape index (κ2) is 8.12. The quantitative estimate of drug-likeness (QED) is 0.627. The fraction of sp³-hybridized carbons (Fsp3) is 0.300. The van der Waals surface area contributed by atoms with E-state index < -0.39 is 5.25 Å². The minimum atomic E-state index is -0.476. The zero-order chi connectivity index (χ0) is 20.4. The minimum absolute atomic E-state index is 0.236. The Morgan fingerprint density at radius 1 is 1.28 bits per heavy atom. The number of carbonyl (C=O) groups is 2. The van der Waals surface area contributed by atoms with Gasteiger partial charge in [-0.3, -0.25) is 14.3 Å². The molecule has 4 rings (SSSR count). The molecule has 0 bridgehead atoms. The molecule has 8 nitrogen and oxygen atoms in total. The molecule has 1 aliphatic rings. The summed E-state index contributed by atoms with van der Waals surface area (Å²) in [6.45, 7) is 5.08. The minimum Gasteiger partial charge on any atom is -0.469 e. The molecule has 1 atom stereocenters. The van der Waals surface area contributed by atoms with Crippen LogP contribution in [0.1, 0.15) is 18.2 Å². The molecule has 9 heteroatoms. The van der Waals surface area contributed by atoms with E-state index in [0.717, 1.165) is 16.9 Å². The predicted molar refractivity (Wildman–Crippen MR) is 108 cm³/mol. The summed E-state index contributed by atoms with van der Waals surface area (Å²) >= 11 is 1.30. The van der Waals surface area contributed by atoms with Crippen molar-refractivity contribution in [1.29, 1.82) is 0 Å². The van der Waals surface area contributed by atoms with Crippen molar-refractivity contribution < 1.29 is 14.0 Å². The molecular weight excluding hydrogens is 390 g/mol. The Balaban J connectivity index is 1.64. The molecule has 1 N–H and O–H groups in total. The number of imide groups is 1. The monoisotopic (exact) mass is 411 g/mol. The number of thioether (sulfide) groups is 1. The van der Waals surface area contributed by atoms with Gasteiger partial charge in [-0.2, -0.15) is 0 Å². The number of benzene rings is 1. The summed E-state index contributed by atoms with van der Waals surface area (Å²) in [6, 6.07) is 11.5. The van der Waals surface area contributed by atoms with Crippen molar-refractivity contribution in [2.24, 2.45) is 0 Å². The van der Waals surface area contributed by atoms with Crippen LogP contribution in [0.15, 0.2) is 52.2 Å². The number of amides is 3. The van der Waals surface area contributed by atoms with Crippen LogP contribution in [-0.4, -0.2) is 49.9 Å². The van der Waals surface area contributed by atoms with Gasteiger partial charge < -0.3 is 9.73 Å². The number of hydrogen-bond donors (Lipinski definition) is 1. The van der Waals surface area contributed by atoms with Crippen LogP contribution in [0.3, 0.4) is 0 Å². The molecule has 1 fully saturated rings. The van der Waals surface area contributed by atoms with Crippen LogP contribution in [0.25, 0.3) is 11.4 Å². The van der Waals surface area contributed by atoms with Gasteiger partial charge in [0, 0.05) is 13.1 Å². The zero-order valence-electron chi connectivity index (χ0n) is 16.2. The summed E-state index contributed by atoms with van der Waals surface area (Å²) in [5, 5.41) is 11.5. The maximum Gasteiger partial charge on any atom is 0.324 e. The highest BCUT2D eigenvalue weighted by molar-refractivity contribution is 8.00. The standard InChI is InChI=1S/C20H21N5O3S/c1-13-16(8-11-28-13)17-22-23-20(25(17)12-15-6-4-3-5-7-15)29-14(2)18(26)24-10-9-21-19(24)27/h3-8,11,14H,9-10,12H2,1-2H3,(H,21,27)/t14-/m1/s1. The van der Waals surface area contributed by atoms with Gasteiger partial charge in [0.05, 0.1) is 23.6 Å². The van der Waals surface area contributed by atoms with Gasteiger partial charge in [0.1, 0.15) is 5.76 Å². The molecule has 1 saturated heterocycles. The van der Waals surface area contributed by atoms with Crippen molar-refractivity contribution >= 4 is 23.7 Å². The lowest BCUT2D eigenvalue weighted by molar-refractivity contribution is -0.126. The SMILES string of the molecule is Cc1occc1-c1nnc(S[C@H](C)C(=O)N2CCNC2=O)n1Cc1ccccc1. The molecule has 0 unspecified atom stereocenters. The third-order valence-corrected chi connectivity index (χ3v) is 5.82. The van der Waals surface area contributed by atoms with E-state index in [4.69, 9.17) is 4.42 Å². The average molecular weight is 411 g/mol. The maximum atomic E-state index is 12.7. The molecule has 0 spiro atoms. The van der Waals surface area contributed by atoms with Gasteiger partial charge in [0.15, 0.2) is 11.0 Å². The summed E-state index contributed by atoms with van der Waals surface area (Å²) in [6.07, 6.45) is 1.62.